The van der Waals surface area contributed by atoms with Crippen molar-refractivity contribution in [2.75, 3.05) is 26.7 Å². The Morgan fingerprint density at radius 2 is 1.85 bits per heavy atom. The highest BCUT2D eigenvalue weighted by Crippen LogP contribution is 2.21. The molecule has 2 amide bonds. The van der Waals surface area contributed by atoms with Crippen LogP contribution >= 0.6 is 0 Å². The summed E-state index contributed by atoms with van der Waals surface area (Å²) in [5.74, 6) is 0.252. The number of rotatable bonds is 9. The van der Waals surface area contributed by atoms with Crippen LogP contribution in [0.25, 0.3) is 0 Å². The first-order valence-corrected chi connectivity index (χ1v) is 12.7. The second-order valence-electron chi connectivity index (χ2n) is 8.09. The van der Waals surface area contributed by atoms with Gasteiger partial charge in [0.05, 0.1) is 12.0 Å². The lowest BCUT2D eigenvalue weighted by Gasteiger charge is -2.20. The Bertz CT molecular complexity index is 1120. The molecule has 0 aliphatic carbocycles. The maximum atomic E-state index is 13.1. The summed E-state index contributed by atoms with van der Waals surface area (Å²) in [4.78, 5) is 24.2. The van der Waals surface area contributed by atoms with E-state index in [0.29, 0.717) is 50.9 Å². The van der Waals surface area contributed by atoms with Crippen molar-refractivity contribution in [2.45, 2.75) is 36.6 Å². The van der Waals surface area contributed by atoms with Crippen molar-refractivity contribution in [2.24, 2.45) is 0 Å². The van der Waals surface area contributed by atoms with Gasteiger partial charge < -0.3 is 15.4 Å². The van der Waals surface area contributed by atoms with Crippen LogP contribution in [0.2, 0.25) is 0 Å². The third-order valence-electron chi connectivity index (χ3n) is 5.85. The van der Waals surface area contributed by atoms with Crippen LogP contribution in [-0.4, -0.2) is 57.3 Å². The smallest absolute Gasteiger partial charge is 0.251 e. The Hall–Kier alpha value is -3.17. The first kappa shape index (κ1) is 25.5. The predicted molar refractivity (Wildman–Crippen MR) is 130 cm³/mol. The highest BCUT2D eigenvalue weighted by atomic mass is 32.2. The van der Waals surface area contributed by atoms with Crippen LogP contribution in [0.4, 0.5) is 0 Å². The summed E-state index contributed by atoms with van der Waals surface area (Å²) < 4.78 is 33.0. The van der Waals surface area contributed by atoms with Crippen LogP contribution in [0.15, 0.2) is 66.1 Å². The molecule has 1 aliphatic heterocycles. The SMILES string of the molecule is C=CC(=O)NC1CCCN(S(=O)(=O)c2ccc(C(=O)NCCc3ccccc3OC)cc2)CC1. The molecule has 1 aliphatic rings. The number of benzene rings is 2. The number of para-hydroxylation sites is 1. The van der Waals surface area contributed by atoms with Gasteiger partial charge in [0, 0.05) is 31.2 Å². The van der Waals surface area contributed by atoms with Crippen LogP contribution in [0, 0.1) is 0 Å². The highest BCUT2D eigenvalue weighted by molar-refractivity contribution is 7.89. The summed E-state index contributed by atoms with van der Waals surface area (Å²) in [7, 11) is -2.08. The molecule has 3 rings (SSSR count). The van der Waals surface area contributed by atoms with Gasteiger partial charge in [0.2, 0.25) is 15.9 Å². The standard InChI is InChI=1S/C25H31N3O5S/c1-3-24(29)27-21-8-6-17-28(18-15-21)34(31,32)22-12-10-20(11-13-22)25(30)26-16-14-19-7-4-5-9-23(19)33-2/h3-5,7,9-13,21H,1,6,8,14-18H2,2H3,(H,26,30)(H,27,29). The molecule has 0 radical (unpaired) electrons. The van der Waals surface area contributed by atoms with E-state index in [1.54, 1.807) is 7.11 Å². The quantitative estimate of drug-likeness (QED) is 0.531. The van der Waals surface area contributed by atoms with Gasteiger partial charge in [-0.2, -0.15) is 4.31 Å². The number of carbonyl (C=O) groups is 2. The normalized spacial score (nSPS) is 16.8. The van der Waals surface area contributed by atoms with Gasteiger partial charge in [-0.05, 0) is 67.7 Å². The molecule has 34 heavy (non-hydrogen) atoms. The summed E-state index contributed by atoms with van der Waals surface area (Å²) in [6.07, 6.45) is 3.72. The number of carbonyl (C=O) groups excluding carboxylic acids is 2. The van der Waals surface area contributed by atoms with Gasteiger partial charge in [-0.3, -0.25) is 9.59 Å². The Morgan fingerprint density at radius 3 is 2.56 bits per heavy atom. The van der Waals surface area contributed by atoms with E-state index in [1.807, 2.05) is 24.3 Å². The molecule has 0 bridgehead atoms. The van der Waals surface area contributed by atoms with Crippen molar-refractivity contribution in [3.05, 3.63) is 72.3 Å². The fraction of sp³-hybridized carbons (Fsp3) is 0.360. The molecule has 2 aromatic carbocycles. The number of hydrogen-bond donors (Lipinski definition) is 2. The zero-order valence-corrected chi connectivity index (χ0v) is 20.1. The van der Waals surface area contributed by atoms with Crippen LogP contribution in [0.1, 0.15) is 35.2 Å². The minimum absolute atomic E-state index is 0.0763. The van der Waals surface area contributed by atoms with Gasteiger partial charge in [-0.15, -0.1) is 0 Å². The molecule has 1 heterocycles. The number of methoxy groups -OCH3 is 1. The maximum Gasteiger partial charge on any atom is 0.251 e. The number of nitrogens with one attached hydrogen (secondary N) is 2. The Kier molecular flexibility index (Phi) is 8.84. The topological polar surface area (TPSA) is 105 Å². The Balaban J connectivity index is 1.57. The molecule has 0 aromatic heterocycles. The van der Waals surface area contributed by atoms with Crippen molar-refractivity contribution in [1.82, 2.24) is 14.9 Å². The van der Waals surface area contributed by atoms with Gasteiger partial charge in [0.15, 0.2) is 0 Å². The molecule has 182 valence electrons. The van der Waals surface area contributed by atoms with Gasteiger partial charge >= 0.3 is 0 Å². The van der Waals surface area contributed by atoms with Gasteiger partial charge in [-0.1, -0.05) is 24.8 Å². The molecule has 2 aromatic rings. The fourth-order valence-electron chi connectivity index (χ4n) is 3.96. The first-order chi connectivity index (χ1) is 16.3. The molecule has 8 nitrogen and oxygen atoms in total. The lowest BCUT2D eigenvalue weighted by Crippen LogP contribution is -2.36. The van der Waals surface area contributed by atoms with E-state index in [1.165, 1.54) is 34.6 Å². The van der Waals surface area contributed by atoms with Crippen LogP contribution in [0.5, 0.6) is 5.75 Å². The number of amides is 2. The van der Waals surface area contributed by atoms with Crippen LogP contribution in [0.3, 0.4) is 0 Å². The maximum absolute atomic E-state index is 13.1. The molecular weight excluding hydrogens is 454 g/mol. The zero-order chi connectivity index (χ0) is 24.6. The third-order valence-corrected chi connectivity index (χ3v) is 7.76. The summed E-state index contributed by atoms with van der Waals surface area (Å²) in [5.41, 5.74) is 1.39. The Morgan fingerprint density at radius 1 is 1.12 bits per heavy atom. The molecule has 1 saturated heterocycles. The van der Waals surface area contributed by atoms with Gasteiger partial charge in [0.1, 0.15) is 5.75 Å². The summed E-state index contributed by atoms with van der Waals surface area (Å²) >= 11 is 0. The molecule has 1 atom stereocenters. The summed E-state index contributed by atoms with van der Waals surface area (Å²) in [5, 5.41) is 5.70. The zero-order valence-electron chi connectivity index (χ0n) is 19.3. The monoisotopic (exact) mass is 485 g/mol. The predicted octanol–water partition coefficient (Wildman–Crippen LogP) is 2.51. The lowest BCUT2D eigenvalue weighted by atomic mass is 10.1. The Labute approximate surface area is 201 Å². The third kappa shape index (κ3) is 6.45. The number of sulfonamides is 1. The molecule has 0 saturated carbocycles. The van der Waals surface area contributed by atoms with Crippen LogP contribution < -0.4 is 15.4 Å². The van der Waals surface area contributed by atoms with Gasteiger partial charge in [-0.25, -0.2) is 8.42 Å². The van der Waals surface area contributed by atoms with Crippen molar-refractivity contribution < 1.29 is 22.7 Å². The number of nitrogens with zero attached hydrogens (tertiary/aromatic N) is 1. The number of ether oxygens (including phenoxy) is 1. The van der Waals surface area contributed by atoms with E-state index in [2.05, 4.69) is 17.2 Å². The van der Waals surface area contributed by atoms with E-state index in [0.717, 1.165) is 11.3 Å². The van der Waals surface area contributed by atoms with Gasteiger partial charge in [0.25, 0.3) is 5.91 Å². The van der Waals surface area contributed by atoms with Crippen LogP contribution in [-0.2, 0) is 21.2 Å². The molecule has 9 heteroatoms. The average Bonchev–Trinajstić information content (AvgIpc) is 3.10. The van der Waals surface area contributed by atoms with E-state index in [9.17, 15) is 18.0 Å². The minimum atomic E-state index is -3.69. The van der Waals surface area contributed by atoms with Crippen molar-refractivity contribution in [3.8, 4) is 5.75 Å². The first-order valence-electron chi connectivity index (χ1n) is 11.3. The number of hydrogen-bond acceptors (Lipinski definition) is 5. The lowest BCUT2D eigenvalue weighted by molar-refractivity contribution is -0.117. The van der Waals surface area contributed by atoms with Crippen molar-refractivity contribution in [3.63, 3.8) is 0 Å². The second-order valence-corrected chi connectivity index (χ2v) is 10.0. The highest BCUT2D eigenvalue weighted by Gasteiger charge is 2.28. The van der Waals surface area contributed by atoms with E-state index in [-0.39, 0.29) is 22.8 Å². The molecule has 2 N–H and O–H groups in total. The summed E-state index contributed by atoms with van der Waals surface area (Å²) in [6.45, 7) is 4.57. The molecule has 1 fully saturated rings. The molecule has 1 unspecified atom stereocenters. The molecular formula is C25H31N3O5S. The second kappa shape index (κ2) is 11.8. The van der Waals surface area contributed by atoms with Crippen molar-refractivity contribution in [1.29, 1.82) is 0 Å². The van der Waals surface area contributed by atoms with Crippen molar-refractivity contribution >= 4 is 21.8 Å². The fourth-order valence-corrected chi connectivity index (χ4v) is 5.46. The minimum Gasteiger partial charge on any atom is -0.496 e. The van der Waals surface area contributed by atoms with E-state index < -0.39 is 10.0 Å². The largest absolute Gasteiger partial charge is 0.496 e. The van der Waals surface area contributed by atoms with E-state index in [4.69, 9.17) is 4.74 Å². The molecule has 0 spiro atoms. The van der Waals surface area contributed by atoms with E-state index >= 15 is 0 Å². The average molecular weight is 486 g/mol. The summed E-state index contributed by atoms with van der Waals surface area (Å²) in [6, 6.07) is 13.5.